The van der Waals surface area contributed by atoms with Gasteiger partial charge in [0.1, 0.15) is 6.10 Å². The summed E-state index contributed by atoms with van der Waals surface area (Å²) in [6.07, 6.45) is 4.38. The molecule has 7 heteroatoms. The number of benzene rings is 1. The molecule has 0 fully saturated rings. The predicted molar refractivity (Wildman–Crippen MR) is 111 cm³/mol. The molecule has 27 heavy (non-hydrogen) atoms. The molecule has 0 aliphatic carbocycles. The van der Waals surface area contributed by atoms with Crippen LogP contribution in [0.1, 0.15) is 63.2 Å². The van der Waals surface area contributed by atoms with E-state index in [4.69, 9.17) is 9.84 Å². The average Bonchev–Trinajstić information content (AvgIpc) is 2.62. The summed E-state index contributed by atoms with van der Waals surface area (Å²) in [5, 5.41) is 11.6. The second-order valence-corrected chi connectivity index (χ2v) is 6.35. The lowest BCUT2D eigenvalue weighted by Crippen LogP contribution is -2.30. The largest absolute Gasteiger partial charge is 0.478 e. The lowest BCUT2D eigenvalue weighted by Gasteiger charge is -2.23. The van der Waals surface area contributed by atoms with Crippen LogP contribution in [0.5, 0.6) is 0 Å². The number of halogens is 1. The number of nitrogens with one attached hydrogen (secondary N) is 1. The number of aromatic carboxylic acids is 1. The zero-order valence-electron chi connectivity index (χ0n) is 16.6. The van der Waals surface area contributed by atoms with Crippen molar-refractivity contribution in [1.82, 2.24) is 4.90 Å². The van der Waals surface area contributed by atoms with Gasteiger partial charge in [0.2, 0.25) is 0 Å². The fourth-order valence-corrected chi connectivity index (χ4v) is 2.75. The van der Waals surface area contributed by atoms with Crippen molar-refractivity contribution in [3.63, 3.8) is 0 Å². The van der Waals surface area contributed by atoms with Crippen LogP contribution in [0.25, 0.3) is 0 Å². The number of hydrogen-bond acceptors (Lipinski definition) is 4. The molecule has 154 valence electrons. The van der Waals surface area contributed by atoms with E-state index in [1.54, 1.807) is 12.1 Å². The monoisotopic (exact) mass is 400 g/mol. The van der Waals surface area contributed by atoms with E-state index >= 15 is 0 Å². The maximum Gasteiger partial charge on any atom is 0.411 e. The minimum absolute atomic E-state index is 0. The van der Waals surface area contributed by atoms with E-state index in [-0.39, 0.29) is 24.1 Å². The molecule has 0 spiro atoms. The van der Waals surface area contributed by atoms with Crippen LogP contribution in [0, 0.1) is 0 Å². The van der Waals surface area contributed by atoms with Crippen molar-refractivity contribution in [3.8, 4) is 0 Å². The van der Waals surface area contributed by atoms with Gasteiger partial charge in [-0.3, -0.25) is 5.32 Å². The number of carboxylic acids is 1. The molecule has 0 aromatic heterocycles. The van der Waals surface area contributed by atoms with Crippen molar-refractivity contribution in [2.75, 3.05) is 25.0 Å². The van der Waals surface area contributed by atoms with Crippen LogP contribution in [-0.2, 0) is 4.74 Å². The Hall–Kier alpha value is -1.79. The number of amides is 1. The van der Waals surface area contributed by atoms with Crippen LogP contribution in [0.3, 0.4) is 0 Å². The number of anilines is 1. The molecule has 1 atom stereocenters. The number of hydrogen-bond donors (Lipinski definition) is 2. The minimum atomic E-state index is -0.994. The van der Waals surface area contributed by atoms with Crippen molar-refractivity contribution < 1.29 is 19.4 Å². The van der Waals surface area contributed by atoms with Gasteiger partial charge in [-0.15, -0.1) is 12.4 Å². The topological polar surface area (TPSA) is 78.9 Å². The number of unbranched alkanes of at least 4 members (excludes halogenated alkanes) is 2. The quantitative estimate of drug-likeness (QED) is 0.480. The maximum atomic E-state index is 12.2. The van der Waals surface area contributed by atoms with Crippen LogP contribution in [-0.4, -0.2) is 47.8 Å². The summed E-state index contributed by atoms with van der Waals surface area (Å²) in [6.45, 7) is 9.29. The highest BCUT2D eigenvalue weighted by molar-refractivity contribution is 5.89. The van der Waals surface area contributed by atoms with Crippen LogP contribution in [0.15, 0.2) is 24.3 Å². The summed E-state index contributed by atoms with van der Waals surface area (Å²) in [5.41, 5.74) is 0.705. The first kappa shape index (κ1) is 25.2. The number of nitrogens with zero attached hydrogens (tertiary/aromatic N) is 1. The Labute approximate surface area is 168 Å². The Bertz CT molecular complexity index is 547. The number of carbonyl (C=O) groups is 2. The van der Waals surface area contributed by atoms with Gasteiger partial charge >= 0.3 is 12.1 Å². The van der Waals surface area contributed by atoms with Crippen molar-refractivity contribution in [2.45, 2.75) is 59.0 Å². The van der Waals surface area contributed by atoms with Gasteiger partial charge in [0.15, 0.2) is 0 Å². The predicted octanol–water partition coefficient (Wildman–Crippen LogP) is 5.04. The molecule has 6 nitrogen and oxygen atoms in total. The van der Waals surface area contributed by atoms with E-state index in [9.17, 15) is 9.59 Å². The molecule has 0 aliphatic heterocycles. The van der Waals surface area contributed by atoms with Crippen molar-refractivity contribution in [3.05, 3.63) is 29.8 Å². The highest BCUT2D eigenvalue weighted by Crippen LogP contribution is 2.14. The molecule has 0 radical (unpaired) electrons. The second kappa shape index (κ2) is 14.3. The van der Waals surface area contributed by atoms with Gasteiger partial charge < -0.3 is 14.7 Å². The molecule has 0 saturated heterocycles. The van der Waals surface area contributed by atoms with E-state index < -0.39 is 12.1 Å². The first-order valence-corrected chi connectivity index (χ1v) is 9.53. The molecule has 1 aromatic rings. The normalized spacial score (nSPS) is 11.6. The SMILES string of the molecule is CCCCCC(CCN(CC)CC)OC(=O)Nc1ccc(C(=O)O)cc1.Cl. The average molecular weight is 401 g/mol. The van der Waals surface area contributed by atoms with E-state index in [1.165, 1.54) is 12.1 Å². The molecule has 2 N–H and O–H groups in total. The summed E-state index contributed by atoms with van der Waals surface area (Å²) < 4.78 is 5.63. The lowest BCUT2D eigenvalue weighted by molar-refractivity contribution is 0.0696. The van der Waals surface area contributed by atoms with Crippen LogP contribution in [0.2, 0.25) is 0 Å². The van der Waals surface area contributed by atoms with Crippen LogP contribution >= 0.6 is 12.4 Å². The number of carboxylic acid groups (broad SMARTS) is 1. The highest BCUT2D eigenvalue weighted by atomic mass is 35.5. The summed E-state index contributed by atoms with van der Waals surface area (Å²) in [6, 6.07) is 6.04. The van der Waals surface area contributed by atoms with Gasteiger partial charge in [0, 0.05) is 12.2 Å². The standard InChI is InChI=1S/C20H32N2O4.ClH/c1-4-7-8-9-18(14-15-22(5-2)6-3)26-20(25)21-17-12-10-16(11-13-17)19(23)24;/h10-13,18H,4-9,14-15H2,1-3H3,(H,21,25)(H,23,24);1H. The Morgan fingerprint density at radius 3 is 2.22 bits per heavy atom. The summed E-state index contributed by atoms with van der Waals surface area (Å²) >= 11 is 0. The Kier molecular flexibility index (Phi) is 13.3. The minimum Gasteiger partial charge on any atom is -0.478 e. The summed E-state index contributed by atoms with van der Waals surface area (Å²) in [7, 11) is 0. The van der Waals surface area contributed by atoms with Gasteiger partial charge in [0.25, 0.3) is 0 Å². The first-order chi connectivity index (χ1) is 12.5. The maximum absolute atomic E-state index is 12.2. The third-order valence-electron chi connectivity index (χ3n) is 4.44. The van der Waals surface area contributed by atoms with E-state index in [0.29, 0.717) is 5.69 Å². The van der Waals surface area contributed by atoms with Crippen LogP contribution in [0.4, 0.5) is 10.5 Å². The van der Waals surface area contributed by atoms with Gasteiger partial charge in [-0.05, 0) is 56.6 Å². The van der Waals surface area contributed by atoms with Crippen LogP contribution < -0.4 is 5.32 Å². The molecular formula is C20H33ClN2O4. The molecule has 0 aliphatic rings. The fourth-order valence-electron chi connectivity index (χ4n) is 2.75. The first-order valence-electron chi connectivity index (χ1n) is 9.53. The third kappa shape index (κ3) is 10.2. The van der Waals surface area contributed by atoms with Crippen molar-refractivity contribution in [1.29, 1.82) is 0 Å². The van der Waals surface area contributed by atoms with Gasteiger partial charge in [-0.25, -0.2) is 9.59 Å². The number of carbonyl (C=O) groups excluding carboxylic acids is 1. The Morgan fingerprint density at radius 1 is 1.07 bits per heavy atom. The molecule has 1 amide bonds. The molecule has 1 unspecified atom stereocenters. The van der Waals surface area contributed by atoms with Crippen molar-refractivity contribution in [2.24, 2.45) is 0 Å². The number of rotatable bonds is 12. The second-order valence-electron chi connectivity index (χ2n) is 6.35. The molecule has 0 heterocycles. The van der Waals surface area contributed by atoms with Gasteiger partial charge in [-0.2, -0.15) is 0 Å². The lowest BCUT2D eigenvalue weighted by atomic mass is 10.1. The molecule has 1 aromatic carbocycles. The Morgan fingerprint density at radius 2 is 1.70 bits per heavy atom. The Balaban J connectivity index is 0.00000676. The zero-order chi connectivity index (χ0) is 19.4. The smallest absolute Gasteiger partial charge is 0.411 e. The molecular weight excluding hydrogens is 368 g/mol. The fraction of sp³-hybridized carbons (Fsp3) is 0.600. The van der Waals surface area contributed by atoms with E-state index in [2.05, 4.69) is 31.0 Å². The number of ether oxygens (including phenoxy) is 1. The van der Waals surface area contributed by atoms with E-state index in [0.717, 1.165) is 51.7 Å². The summed E-state index contributed by atoms with van der Waals surface area (Å²) in [5.74, 6) is -0.994. The van der Waals surface area contributed by atoms with E-state index in [1.807, 2.05) is 0 Å². The van der Waals surface area contributed by atoms with Crippen molar-refractivity contribution >= 4 is 30.2 Å². The van der Waals surface area contributed by atoms with Gasteiger partial charge in [-0.1, -0.05) is 33.6 Å². The molecule has 0 saturated carbocycles. The summed E-state index contributed by atoms with van der Waals surface area (Å²) in [4.78, 5) is 25.4. The third-order valence-corrected chi connectivity index (χ3v) is 4.44. The zero-order valence-corrected chi connectivity index (χ0v) is 17.4. The molecule has 1 rings (SSSR count). The highest BCUT2D eigenvalue weighted by Gasteiger charge is 2.16. The molecule has 0 bridgehead atoms. The van der Waals surface area contributed by atoms with Gasteiger partial charge in [0.05, 0.1) is 5.56 Å².